The van der Waals surface area contributed by atoms with E-state index in [0.29, 0.717) is 5.56 Å². The highest BCUT2D eigenvalue weighted by atomic mass is 16.6. The van der Waals surface area contributed by atoms with Gasteiger partial charge in [-0.15, -0.1) is 0 Å². The lowest BCUT2D eigenvalue weighted by atomic mass is 9.88. The summed E-state index contributed by atoms with van der Waals surface area (Å²) in [6.07, 6.45) is 1.45. The lowest BCUT2D eigenvalue weighted by molar-refractivity contribution is -0.385. The van der Waals surface area contributed by atoms with Crippen molar-refractivity contribution in [2.45, 2.75) is 24.7 Å². The molecule has 9 nitrogen and oxygen atoms in total. The monoisotopic (exact) mass is 351 g/mol. The van der Waals surface area contributed by atoms with Crippen molar-refractivity contribution in [2.75, 3.05) is 21.3 Å². The number of hydrogen-bond donors (Lipinski definition) is 0. The number of nitrogens with zero attached hydrogens (tertiary/aromatic N) is 1. The van der Waals surface area contributed by atoms with E-state index in [1.54, 1.807) is 0 Å². The molecule has 2 rings (SSSR count). The van der Waals surface area contributed by atoms with Gasteiger partial charge in [-0.25, -0.2) is 4.79 Å². The maximum Gasteiger partial charge on any atom is 0.338 e. The number of ether oxygens (including phenoxy) is 3. The first-order valence-corrected chi connectivity index (χ1v) is 7.41. The third-order valence-electron chi connectivity index (χ3n) is 3.99. The Kier molecular flexibility index (Phi) is 5.35. The smallest absolute Gasteiger partial charge is 0.338 e. The van der Waals surface area contributed by atoms with Crippen LogP contribution < -0.4 is 0 Å². The molecule has 0 unspecified atom stereocenters. The molecular formula is C16H17NO8. The molecule has 1 saturated carbocycles. The van der Waals surface area contributed by atoms with Crippen LogP contribution in [0.1, 0.15) is 46.2 Å². The van der Waals surface area contributed by atoms with Gasteiger partial charge >= 0.3 is 17.9 Å². The SMILES string of the molecule is COC(=O)c1cc(C2CC2)c(C(C(=O)OC)C(=O)OC)c([N+](=O)[O-])c1. The van der Waals surface area contributed by atoms with Gasteiger partial charge in [0.15, 0.2) is 5.92 Å². The normalized spacial score (nSPS) is 13.3. The molecule has 1 aliphatic carbocycles. The Morgan fingerprint density at radius 1 is 1.08 bits per heavy atom. The first kappa shape index (κ1) is 18.4. The fourth-order valence-electron chi connectivity index (χ4n) is 2.66. The molecule has 1 fully saturated rings. The van der Waals surface area contributed by atoms with Gasteiger partial charge < -0.3 is 14.2 Å². The van der Waals surface area contributed by atoms with E-state index in [0.717, 1.165) is 40.2 Å². The summed E-state index contributed by atoms with van der Waals surface area (Å²) in [6, 6.07) is 2.41. The van der Waals surface area contributed by atoms with Crippen molar-refractivity contribution in [1.82, 2.24) is 0 Å². The molecule has 0 spiro atoms. The zero-order valence-corrected chi connectivity index (χ0v) is 13.9. The summed E-state index contributed by atoms with van der Waals surface area (Å²) in [6.45, 7) is 0. The van der Waals surface area contributed by atoms with Crippen LogP contribution in [0.3, 0.4) is 0 Å². The summed E-state index contributed by atoms with van der Waals surface area (Å²) in [4.78, 5) is 46.9. The highest BCUT2D eigenvalue weighted by Crippen LogP contribution is 2.47. The van der Waals surface area contributed by atoms with Crippen molar-refractivity contribution < 1.29 is 33.5 Å². The van der Waals surface area contributed by atoms with E-state index < -0.39 is 34.4 Å². The molecule has 1 aliphatic rings. The summed E-state index contributed by atoms with van der Waals surface area (Å²) in [7, 11) is 3.30. The molecule has 0 heterocycles. The van der Waals surface area contributed by atoms with Gasteiger partial charge in [-0.05, 0) is 30.4 Å². The van der Waals surface area contributed by atoms with Crippen LogP contribution in [0.15, 0.2) is 12.1 Å². The standard InChI is InChI=1S/C16H17NO8/c1-23-14(18)9-6-10(8-4-5-8)12(11(7-9)17(21)22)13(15(19)24-2)16(20)25-3/h6-8,13H,4-5H2,1-3H3. The average molecular weight is 351 g/mol. The van der Waals surface area contributed by atoms with E-state index in [2.05, 4.69) is 14.2 Å². The zero-order valence-electron chi connectivity index (χ0n) is 13.9. The second-order valence-electron chi connectivity index (χ2n) is 5.50. The Hall–Kier alpha value is -2.97. The summed E-state index contributed by atoms with van der Waals surface area (Å²) in [5.41, 5.74) is -0.256. The van der Waals surface area contributed by atoms with Crippen molar-refractivity contribution in [3.63, 3.8) is 0 Å². The van der Waals surface area contributed by atoms with Gasteiger partial charge in [0.2, 0.25) is 0 Å². The molecule has 1 aromatic carbocycles. The van der Waals surface area contributed by atoms with Crippen LogP contribution in [0.4, 0.5) is 5.69 Å². The lowest BCUT2D eigenvalue weighted by Crippen LogP contribution is -2.26. The Morgan fingerprint density at radius 3 is 2.04 bits per heavy atom. The molecule has 9 heteroatoms. The minimum Gasteiger partial charge on any atom is -0.468 e. The number of methoxy groups -OCH3 is 3. The van der Waals surface area contributed by atoms with E-state index >= 15 is 0 Å². The molecule has 134 valence electrons. The van der Waals surface area contributed by atoms with Crippen LogP contribution in [0, 0.1) is 10.1 Å². The summed E-state index contributed by atoms with van der Waals surface area (Å²) in [5.74, 6) is -4.37. The molecule has 0 aromatic heterocycles. The first-order valence-electron chi connectivity index (χ1n) is 7.41. The van der Waals surface area contributed by atoms with Crippen molar-refractivity contribution >= 4 is 23.6 Å². The quantitative estimate of drug-likeness (QED) is 0.249. The van der Waals surface area contributed by atoms with Crippen LogP contribution in [-0.4, -0.2) is 44.2 Å². The highest BCUT2D eigenvalue weighted by Gasteiger charge is 2.42. The second-order valence-corrected chi connectivity index (χ2v) is 5.50. The number of rotatable bonds is 6. The number of esters is 3. The lowest BCUT2D eigenvalue weighted by Gasteiger charge is -2.17. The Morgan fingerprint density at radius 2 is 1.64 bits per heavy atom. The molecule has 25 heavy (non-hydrogen) atoms. The summed E-state index contributed by atoms with van der Waals surface area (Å²) in [5, 5.41) is 11.6. The topological polar surface area (TPSA) is 122 Å². The molecule has 0 aliphatic heterocycles. The first-order chi connectivity index (χ1) is 11.8. The van der Waals surface area contributed by atoms with Gasteiger partial charge in [-0.1, -0.05) is 0 Å². The van der Waals surface area contributed by atoms with E-state index in [4.69, 9.17) is 0 Å². The van der Waals surface area contributed by atoms with E-state index in [9.17, 15) is 24.5 Å². The summed E-state index contributed by atoms with van der Waals surface area (Å²) < 4.78 is 13.9. The van der Waals surface area contributed by atoms with Gasteiger partial charge in [0, 0.05) is 6.07 Å². The van der Waals surface area contributed by atoms with Gasteiger partial charge in [-0.3, -0.25) is 19.7 Å². The minimum atomic E-state index is -1.60. The van der Waals surface area contributed by atoms with Crippen molar-refractivity contribution in [3.05, 3.63) is 38.9 Å². The number of carbonyl (C=O) groups excluding carboxylic acids is 3. The van der Waals surface area contributed by atoms with Crippen LogP contribution in [-0.2, 0) is 23.8 Å². The Bertz CT molecular complexity index is 722. The molecule has 0 saturated heterocycles. The molecule has 0 bridgehead atoms. The predicted molar refractivity (Wildman–Crippen MR) is 83.2 cm³/mol. The van der Waals surface area contributed by atoms with Crippen LogP contribution in [0.5, 0.6) is 0 Å². The molecule has 0 amide bonds. The van der Waals surface area contributed by atoms with Crippen LogP contribution in [0.25, 0.3) is 0 Å². The number of nitro benzene ring substituents is 1. The maximum atomic E-state index is 12.1. The van der Waals surface area contributed by atoms with Crippen molar-refractivity contribution in [1.29, 1.82) is 0 Å². The second kappa shape index (κ2) is 7.29. The highest BCUT2D eigenvalue weighted by molar-refractivity contribution is 6.03. The molecule has 1 aromatic rings. The average Bonchev–Trinajstić information content (AvgIpc) is 3.45. The van der Waals surface area contributed by atoms with Gasteiger partial charge in [0.25, 0.3) is 5.69 Å². The molecular weight excluding hydrogens is 334 g/mol. The maximum absolute atomic E-state index is 12.1. The number of hydrogen-bond acceptors (Lipinski definition) is 8. The largest absolute Gasteiger partial charge is 0.468 e. The fraction of sp³-hybridized carbons (Fsp3) is 0.438. The van der Waals surface area contributed by atoms with Crippen molar-refractivity contribution in [3.8, 4) is 0 Å². The van der Waals surface area contributed by atoms with Crippen molar-refractivity contribution in [2.24, 2.45) is 0 Å². The van der Waals surface area contributed by atoms with Crippen LogP contribution in [0.2, 0.25) is 0 Å². The number of carbonyl (C=O) groups is 3. The molecule has 0 radical (unpaired) electrons. The van der Waals surface area contributed by atoms with E-state index in [1.807, 2.05) is 0 Å². The zero-order chi connectivity index (χ0) is 18.7. The predicted octanol–water partition coefficient (Wildman–Crippen LogP) is 1.69. The third kappa shape index (κ3) is 3.59. The number of benzene rings is 1. The molecule has 0 atom stereocenters. The van der Waals surface area contributed by atoms with Gasteiger partial charge in [0.1, 0.15) is 0 Å². The fourth-order valence-corrected chi connectivity index (χ4v) is 2.66. The third-order valence-corrected chi connectivity index (χ3v) is 3.99. The molecule has 0 N–H and O–H groups in total. The number of nitro groups is 1. The summed E-state index contributed by atoms with van der Waals surface area (Å²) >= 11 is 0. The Balaban J connectivity index is 2.76. The van der Waals surface area contributed by atoms with E-state index in [-0.39, 0.29) is 17.0 Å². The van der Waals surface area contributed by atoms with Crippen LogP contribution >= 0.6 is 0 Å². The van der Waals surface area contributed by atoms with Gasteiger partial charge in [-0.2, -0.15) is 0 Å². The Labute approximate surface area is 143 Å². The van der Waals surface area contributed by atoms with E-state index in [1.165, 1.54) is 6.07 Å². The van der Waals surface area contributed by atoms with Gasteiger partial charge in [0.05, 0.1) is 37.4 Å². The minimum absolute atomic E-state index is 0.0201.